The van der Waals surface area contributed by atoms with E-state index in [9.17, 15) is 14.2 Å². The first-order chi connectivity index (χ1) is 23.3. The highest BCUT2D eigenvalue weighted by atomic mass is 31.2. The zero-order chi connectivity index (χ0) is 35.4. The van der Waals surface area contributed by atoms with Crippen molar-refractivity contribution in [3.8, 4) is 0 Å². The SMILES string of the molecule is CC/C=C/CCCC=C=CCCCCCCCC(=O)OC(COC(=O)CCCCCCC/C=C/CCCCCCCC)COP(=O)(O)O. The van der Waals surface area contributed by atoms with Gasteiger partial charge >= 0.3 is 19.8 Å². The molecule has 0 bridgehead atoms. The molecule has 0 aromatic carbocycles. The lowest BCUT2D eigenvalue weighted by Crippen LogP contribution is -2.29. The third kappa shape index (κ3) is 36.9. The predicted octanol–water partition coefficient (Wildman–Crippen LogP) is 11.2. The number of phosphoric acid groups is 1. The van der Waals surface area contributed by atoms with Crippen LogP contribution in [0, 0.1) is 0 Å². The highest BCUT2D eigenvalue weighted by Crippen LogP contribution is 2.36. The Morgan fingerprint density at radius 3 is 1.67 bits per heavy atom. The molecule has 0 heterocycles. The molecule has 1 atom stereocenters. The summed E-state index contributed by atoms with van der Waals surface area (Å²) in [4.78, 5) is 42.7. The van der Waals surface area contributed by atoms with E-state index < -0.39 is 32.5 Å². The molecule has 0 aromatic rings. The average Bonchev–Trinajstić information content (AvgIpc) is 3.05. The van der Waals surface area contributed by atoms with Crippen molar-refractivity contribution in [2.75, 3.05) is 13.2 Å². The normalized spacial score (nSPS) is 12.3. The molecule has 0 amide bonds. The number of rotatable bonds is 34. The van der Waals surface area contributed by atoms with Crippen LogP contribution in [0.4, 0.5) is 0 Å². The van der Waals surface area contributed by atoms with Crippen LogP contribution in [0.15, 0.2) is 42.2 Å². The Labute approximate surface area is 293 Å². The Morgan fingerprint density at radius 1 is 0.604 bits per heavy atom. The van der Waals surface area contributed by atoms with E-state index in [1.54, 1.807) is 0 Å². The van der Waals surface area contributed by atoms with Crippen molar-refractivity contribution in [2.45, 2.75) is 180 Å². The molecular weight excluding hydrogens is 627 g/mol. The second kappa shape index (κ2) is 34.9. The molecule has 0 aliphatic rings. The highest BCUT2D eigenvalue weighted by molar-refractivity contribution is 7.46. The van der Waals surface area contributed by atoms with E-state index in [-0.39, 0.29) is 19.4 Å². The van der Waals surface area contributed by atoms with Gasteiger partial charge in [0.25, 0.3) is 0 Å². The molecule has 0 saturated carbocycles. The van der Waals surface area contributed by atoms with Gasteiger partial charge in [0, 0.05) is 12.8 Å². The first-order valence-corrected chi connectivity index (χ1v) is 20.6. The summed E-state index contributed by atoms with van der Waals surface area (Å²) in [6.07, 6.45) is 37.9. The Bertz CT molecular complexity index is 932. The largest absolute Gasteiger partial charge is 0.469 e. The Kier molecular flexibility index (Phi) is 33.5. The Balaban J connectivity index is 4.02. The van der Waals surface area contributed by atoms with E-state index in [1.165, 1.54) is 44.9 Å². The predicted molar refractivity (Wildman–Crippen MR) is 197 cm³/mol. The third-order valence-electron chi connectivity index (χ3n) is 7.89. The zero-order valence-electron chi connectivity index (χ0n) is 30.4. The smallest absolute Gasteiger partial charge is 0.462 e. The first kappa shape index (κ1) is 46.0. The molecule has 1 unspecified atom stereocenters. The van der Waals surface area contributed by atoms with Gasteiger partial charge in [0.05, 0.1) is 6.61 Å². The summed E-state index contributed by atoms with van der Waals surface area (Å²) in [6, 6.07) is 0. The Hall–Kier alpha value is -1.95. The summed E-state index contributed by atoms with van der Waals surface area (Å²) >= 11 is 0. The summed E-state index contributed by atoms with van der Waals surface area (Å²) < 4.78 is 26.3. The zero-order valence-corrected chi connectivity index (χ0v) is 31.3. The first-order valence-electron chi connectivity index (χ1n) is 19.0. The minimum Gasteiger partial charge on any atom is -0.462 e. The van der Waals surface area contributed by atoms with E-state index in [1.807, 2.05) is 0 Å². The van der Waals surface area contributed by atoms with Crippen molar-refractivity contribution in [2.24, 2.45) is 0 Å². The quantitative estimate of drug-likeness (QED) is 0.0224. The maximum absolute atomic E-state index is 12.3. The number of ether oxygens (including phenoxy) is 2. The third-order valence-corrected chi connectivity index (χ3v) is 8.37. The van der Waals surface area contributed by atoms with Crippen LogP contribution in [-0.4, -0.2) is 41.0 Å². The van der Waals surface area contributed by atoms with Crippen LogP contribution in [-0.2, 0) is 28.2 Å². The molecule has 0 aliphatic carbocycles. The maximum Gasteiger partial charge on any atom is 0.469 e. The molecule has 0 fully saturated rings. The monoisotopic (exact) mass is 696 g/mol. The molecule has 278 valence electrons. The van der Waals surface area contributed by atoms with Gasteiger partial charge in [0.15, 0.2) is 6.10 Å². The van der Waals surface area contributed by atoms with Gasteiger partial charge in [0.2, 0.25) is 0 Å². The molecule has 0 saturated heterocycles. The van der Waals surface area contributed by atoms with Crippen LogP contribution < -0.4 is 0 Å². The second-order valence-corrected chi connectivity index (χ2v) is 13.8. The minimum absolute atomic E-state index is 0.186. The van der Waals surface area contributed by atoms with Crippen molar-refractivity contribution in [3.05, 3.63) is 42.2 Å². The number of hydrogen-bond acceptors (Lipinski definition) is 6. The molecule has 2 N–H and O–H groups in total. The van der Waals surface area contributed by atoms with Crippen LogP contribution in [0.2, 0.25) is 0 Å². The molecule has 0 rings (SSSR count). The average molecular weight is 697 g/mol. The van der Waals surface area contributed by atoms with Gasteiger partial charge < -0.3 is 19.3 Å². The molecule has 9 heteroatoms. The molecule has 8 nitrogen and oxygen atoms in total. The van der Waals surface area contributed by atoms with Gasteiger partial charge in [-0.25, -0.2) is 4.57 Å². The molecule has 0 aliphatic heterocycles. The maximum atomic E-state index is 12.3. The minimum atomic E-state index is -4.76. The Morgan fingerprint density at radius 2 is 1.08 bits per heavy atom. The van der Waals surface area contributed by atoms with E-state index in [4.69, 9.17) is 19.3 Å². The van der Waals surface area contributed by atoms with E-state index in [0.29, 0.717) is 12.8 Å². The van der Waals surface area contributed by atoms with E-state index in [0.717, 1.165) is 89.9 Å². The summed E-state index contributed by atoms with van der Waals surface area (Å²) in [5, 5.41) is 0. The number of phosphoric ester groups is 1. The van der Waals surface area contributed by atoms with Gasteiger partial charge in [-0.2, -0.15) is 0 Å². The molecule has 0 radical (unpaired) electrons. The van der Waals surface area contributed by atoms with E-state index >= 15 is 0 Å². The molecular formula is C39H69O8P. The summed E-state index contributed by atoms with van der Waals surface area (Å²) in [5.74, 6) is -0.920. The number of carbonyl (C=O) groups excluding carboxylic acids is 2. The molecule has 0 spiro atoms. The lowest BCUT2D eigenvalue weighted by Gasteiger charge is -2.18. The molecule has 0 aromatic heterocycles. The standard InChI is InChI=1S/C39H69O8P/c1-3-5-7-9-11-13-15-17-19-21-23-25-27-29-31-33-38(40)45-35-37(36-46-48(42,43)44)47-39(41)34-32-30-28-26-24-22-20-18-16-14-12-10-8-6-4-2/h6,8,16-17,19-20,37H,3-5,7,9-15,21-36H2,1-2H3,(H2,42,43,44)/b8-6+,19-17+. The topological polar surface area (TPSA) is 119 Å². The van der Waals surface area contributed by atoms with Gasteiger partial charge in [0.1, 0.15) is 6.61 Å². The number of hydrogen-bond donors (Lipinski definition) is 2. The van der Waals surface area contributed by atoms with Crippen LogP contribution in [0.5, 0.6) is 0 Å². The van der Waals surface area contributed by atoms with Crippen molar-refractivity contribution in [1.29, 1.82) is 0 Å². The lowest BCUT2D eigenvalue weighted by atomic mass is 10.1. The van der Waals surface area contributed by atoms with Gasteiger partial charge in [-0.3, -0.25) is 14.1 Å². The van der Waals surface area contributed by atoms with Crippen molar-refractivity contribution in [3.63, 3.8) is 0 Å². The fraction of sp³-hybridized carbons (Fsp3) is 0.769. The van der Waals surface area contributed by atoms with Crippen LogP contribution in [0.3, 0.4) is 0 Å². The fourth-order valence-electron chi connectivity index (χ4n) is 5.06. The number of allylic oxidation sites excluding steroid dienone is 5. The van der Waals surface area contributed by atoms with Gasteiger partial charge in [-0.05, 0) is 89.2 Å². The lowest BCUT2D eigenvalue weighted by molar-refractivity contribution is -0.161. The van der Waals surface area contributed by atoms with Gasteiger partial charge in [-0.15, -0.1) is 5.73 Å². The van der Waals surface area contributed by atoms with Gasteiger partial charge in [-0.1, -0.05) is 109 Å². The van der Waals surface area contributed by atoms with E-state index in [2.05, 4.69) is 60.6 Å². The fourth-order valence-corrected chi connectivity index (χ4v) is 5.42. The van der Waals surface area contributed by atoms with Crippen LogP contribution >= 0.6 is 7.82 Å². The van der Waals surface area contributed by atoms with Crippen molar-refractivity contribution in [1.82, 2.24) is 0 Å². The summed E-state index contributed by atoms with van der Waals surface area (Å²) in [7, 11) is -4.76. The van der Waals surface area contributed by atoms with Crippen LogP contribution in [0.1, 0.15) is 174 Å². The van der Waals surface area contributed by atoms with Crippen molar-refractivity contribution >= 4 is 19.8 Å². The van der Waals surface area contributed by atoms with Crippen molar-refractivity contribution < 1.29 is 37.9 Å². The highest BCUT2D eigenvalue weighted by Gasteiger charge is 2.22. The number of unbranched alkanes of at least 4 members (excludes halogenated alkanes) is 18. The second-order valence-electron chi connectivity index (χ2n) is 12.6. The summed E-state index contributed by atoms with van der Waals surface area (Å²) in [6.45, 7) is 3.54. The number of carbonyl (C=O) groups is 2. The summed E-state index contributed by atoms with van der Waals surface area (Å²) in [5.41, 5.74) is 3.25. The molecule has 48 heavy (non-hydrogen) atoms. The number of esters is 2. The van der Waals surface area contributed by atoms with Crippen LogP contribution in [0.25, 0.3) is 0 Å².